The van der Waals surface area contributed by atoms with Gasteiger partial charge in [0.2, 0.25) is 5.91 Å². The molecule has 172 valence electrons. The summed E-state index contributed by atoms with van der Waals surface area (Å²) in [5.74, 6) is 0.220. The molecule has 0 saturated carbocycles. The van der Waals surface area contributed by atoms with E-state index in [0.717, 1.165) is 32.7 Å². The third-order valence-corrected chi connectivity index (χ3v) is 8.08. The predicted octanol–water partition coefficient (Wildman–Crippen LogP) is 5.76. The highest BCUT2D eigenvalue weighted by atomic mass is 32.1. The molecule has 32 heavy (non-hydrogen) atoms. The molecule has 2 heterocycles. The van der Waals surface area contributed by atoms with E-state index in [1.54, 1.807) is 11.1 Å². The zero-order valence-corrected chi connectivity index (χ0v) is 20.8. The molecule has 2 aromatic rings. The summed E-state index contributed by atoms with van der Waals surface area (Å²) in [5.41, 5.74) is 12.2. The largest absolute Gasteiger partial charge is 0.369 e. The van der Waals surface area contributed by atoms with Gasteiger partial charge in [-0.05, 0) is 77.4 Å². The average Bonchev–Trinajstić information content (AvgIpc) is 3.26. The first-order valence-corrected chi connectivity index (χ1v) is 12.8. The van der Waals surface area contributed by atoms with Crippen LogP contribution < -0.4 is 10.6 Å². The second-order valence-electron chi connectivity index (χ2n) is 10.5. The molecule has 0 bridgehead atoms. The molecular weight excluding hydrogens is 414 g/mol. The number of allylic oxidation sites excluding steroid dienone is 1. The number of nitrogens with two attached hydrogens (primary N) is 1. The van der Waals surface area contributed by atoms with Crippen LogP contribution in [0.15, 0.2) is 41.3 Å². The highest BCUT2D eigenvalue weighted by molar-refractivity contribution is 7.11. The van der Waals surface area contributed by atoms with Crippen molar-refractivity contribution in [2.24, 2.45) is 11.1 Å². The molecule has 2 N–H and O–H groups in total. The van der Waals surface area contributed by atoms with E-state index >= 15 is 0 Å². The third kappa shape index (κ3) is 5.26. The maximum atomic E-state index is 11.3. The van der Waals surface area contributed by atoms with Gasteiger partial charge in [0.1, 0.15) is 0 Å². The molecule has 0 radical (unpaired) electrons. The number of hydrogen-bond donors (Lipinski definition) is 1. The van der Waals surface area contributed by atoms with Gasteiger partial charge < -0.3 is 10.6 Å². The SMILES string of the molecule is CC(C)c1csc(C2=C(CN3CCN(c4ccc(C(N)=O)cc4)CC3)CCC(C)(C)C2)c1. The zero-order chi connectivity index (χ0) is 22.9. The van der Waals surface area contributed by atoms with Crippen molar-refractivity contribution in [3.63, 3.8) is 0 Å². The van der Waals surface area contributed by atoms with Crippen LogP contribution in [0.5, 0.6) is 0 Å². The molecule has 1 aliphatic carbocycles. The fourth-order valence-electron chi connectivity index (χ4n) is 4.85. The van der Waals surface area contributed by atoms with E-state index in [1.807, 2.05) is 35.6 Å². The van der Waals surface area contributed by atoms with Gasteiger partial charge in [-0.3, -0.25) is 9.69 Å². The highest BCUT2D eigenvalue weighted by Crippen LogP contribution is 2.45. The lowest BCUT2D eigenvalue weighted by Crippen LogP contribution is -2.47. The number of nitrogens with zero attached hydrogens (tertiary/aromatic N) is 2. The first-order chi connectivity index (χ1) is 15.2. The molecule has 1 saturated heterocycles. The fourth-order valence-corrected chi connectivity index (χ4v) is 6.02. The molecule has 2 aliphatic rings. The Kier molecular flexibility index (Phi) is 6.78. The first kappa shape index (κ1) is 23.1. The van der Waals surface area contributed by atoms with E-state index in [9.17, 15) is 4.79 Å². The van der Waals surface area contributed by atoms with Gasteiger partial charge in [0.05, 0.1) is 0 Å². The van der Waals surface area contributed by atoms with Crippen molar-refractivity contribution >= 4 is 28.5 Å². The fraction of sp³-hybridized carbons (Fsp3) is 0.519. The molecule has 0 atom stereocenters. The predicted molar refractivity (Wildman–Crippen MR) is 137 cm³/mol. The van der Waals surface area contributed by atoms with Crippen molar-refractivity contribution in [1.82, 2.24) is 4.90 Å². The van der Waals surface area contributed by atoms with Crippen LogP contribution in [0.1, 0.15) is 73.7 Å². The van der Waals surface area contributed by atoms with Crippen LogP contribution in [0.25, 0.3) is 5.57 Å². The minimum atomic E-state index is -0.368. The normalized spacial score (nSPS) is 19.6. The van der Waals surface area contributed by atoms with Gasteiger partial charge in [-0.25, -0.2) is 0 Å². The van der Waals surface area contributed by atoms with E-state index in [4.69, 9.17) is 5.73 Å². The van der Waals surface area contributed by atoms with Gasteiger partial charge in [0.15, 0.2) is 0 Å². The standard InChI is InChI=1S/C27H37N3OS/c1-19(2)22-15-25(32-18-22)24-16-27(3,4)10-9-21(24)17-29-11-13-30(14-12-29)23-7-5-20(6-8-23)26(28)31/h5-8,15,18-19H,9-14,16-17H2,1-4H3,(H2,28,31). The van der Waals surface area contributed by atoms with E-state index in [2.05, 4.69) is 48.9 Å². The Morgan fingerprint density at radius 3 is 2.41 bits per heavy atom. The van der Waals surface area contributed by atoms with Crippen molar-refractivity contribution in [2.45, 2.75) is 52.9 Å². The van der Waals surface area contributed by atoms with Crippen molar-refractivity contribution < 1.29 is 4.79 Å². The van der Waals surface area contributed by atoms with Crippen LogP contribution in [-0.2, 0) is 0 Å². The smallest absolute Gasteiger partial charge is 0.248 e. The molecule has 1 amide bonds. The van der Waals surface area contributed by atoms with E-state index < -0.39 is 0 Å². The molecular formula is C27H37N3OS. The van der Waals surface area contributed by atoms with Crippen LogP contribution in [0.4, 0.5) is 5.69 Å². The summed E-state index contributed by atoms with van der Waals surface area (Å²) in [7, 11) is 0. The van der Waals surface area contributed by atoms with Gasteiger partial charge in [-0.2, -0.15) is 0 Å². The van der Waals surface area contributed by atoms with Crippen LogP contribution >= 0.6 is 11.3 Å². The van der Waals surface area contributed by atoms with Crippen LogP contribution in [0.3, 0.4) is 0 Å². The summed E-state index contributed by atoms with van der Waals surface area (Å²) in [5, 5.41) is 2.36. The summed E-state index contributed by atoms with van der Waals surface area (Å²) in [6.45, 7) is 14.7. The Bertz CT molecular complexity index is 979. The summed E-state index contributed by atoms with van der Waals surface area (Å²) >= 11 is 1.93. The lowest BCUT2D eigenvalue weighted by Gasteiger charge is -2.39. The van der Waals surface area contributed by atoms with Gasteiger partial charge >= 0.3 is 0 Å². The molecule has 1 fully saturated rings. The van der Waals surface area contributed by atoms with Crippen molar-refractivity contribution in [3.8, 4) is 0 Å². The number of carbonyl (C=O) groups is 1. The number of primary amides is 1. The first-order valence-electron chi connectivity index (χ1n) is 11.9. The Morgan fingerprint density at radius 2 is 1.81 bits per heavy atom. The number of benzene rings is 1. The Morgan fingerprint density at radius 1 is 1.12 bits per heavy atom. The summed E-state index contributed by atoms with van der Waals surface area (Å²) in [6, 6.07) is 10.1. The quantitative estimate of drug-likeness (QED) is 0.608. The van der Waals surface area contributed by atoms with Gasteiger partial charge in [0.25, 0.3) is 0 Å². The Hall–Kier alpha value is -2.11. The molecule has 0 spiro atoms. The summed E-state index contributed by atoms with van der Waals surface area (Å²) in [4.78, 5) is 17.8. The van der Waals surface area contributed by atoms with E-state index in [1.165, 1.54) is 35.4 Å². The lowest BCUT2D eigenvalue weighted by molar-refractivity contribution is 0.100. The highest BCUT2D eigenvalue weighted by Gasteiger charge is 2.30. The van der Waals surface area contributed by atoms with E-state index in [-0.39, 0.29) is 5.91 Å². The molecule has 0 unspecified atom stereocenters. The summed E-state index contributed by atoms with van der Waals surface area (Å²) in [6.07, 6.45) is 3.68. The number of thiophene rings is 1. The number of amides is 1. The number of piperazine rings is 1. The Labute approximate surface area is 197 Å². The second kappa shape index (κ2) is 9.40. The second-order valence-corrected chi connectivity index (χ2v) is 11.4. The Balaban J connectivity index is 1.45. The third-order valence-electron chi connectivity index (χ3n) is 7.07. The van der Waals surface area contributed by atoms with Gasteiger partial charge in [0, 0.05) is 48.9 Å². The number of carbonyl (C=O) groups excluding carboxylic acids is 1. The molecule has 1 aliphatic heterocycles. The maximum absolute atomic E-state index is 11.3. The molecule has 5 heteroatoms. The zero-order valence-electron chi connectivity index (χ0n) is 20.0. The maximum Gasteiger partial charge on any atom is 0.248 e. The van der Waals surface area contributed by atoms with Crippen molar-refractivity contribution in [2.75, 3.05) is 37.6 Å². The topological polar surface area (TPSA) is 49.6 Å². The molecule has 4 nitrogen and oxygen atoms in total. The summed E-state index contributed by atoms with van der Waals surface area (Å²) < 4.78 is 0. The van der Waals surface area contributed by atoms with Crippen molar-refractivity contribution in [1.29, 1.82) is 0 Å². The van der Waals surface area contributed by atoms with Crippen molar-refractivity contribution in [3.05, 3.63) is 57.3 Å². The number of rotatable bonds is 6. The monoisotopic (exact) mass is 451 g/mol. The molecule has 1 aromatic carbocycles. The minimum absolute atomic E-state index is 0.368. The number of hydrogen-bond acceptors (Lipinski definition) is 4. The number of anilines is 1. The van der Waals surface area contributed by atoms with Crippen LogP contribution in [0.2, 0.25) is 0 Å². The minimum Gasteiger partial charge on any atom is -0.369 e. The van der Waals surface area contributed by atoms with Crippen LogP contribution in [-0.4, -0.2) is 43.5 Å². The molecule has 1 aromatic heterocycles. The van der Waals surface area contributed by atoms with Gasteiger partial charge in [-0.1, -0.05) is 33.3 Å². The lowest BCUT2D eigenvalue weighted by atomic mass is 9.73. The van der Waals surface area contributed by atoms with E-state index in [0.29, 0.717) is 16.9 Å². The van der Waals surface area contributed by atoms with Gasteiger partial charge in [-0.15, -0.1) is 11.3 Å². The van der Waals surface area contributed by atoms with Crippen LogP contribution in [0, 0.1) is 5.41 Å². The average molecular weight is 452 g/mol. The molecule has 4 rings (SSSR count).